The molecule has 0 aliphatic heterocycles. The van der Waals surface area contributed by atoms with E-state index in [1.165, 1.54) is 25.7 Å². The van der Waals surface area contributed by atoms with E-state index >= 15 is 0 Å². The van der Waals surface area contributed by atoms with Crippen molar-refractivity contribution in [3.05, 3.63) is 40.1 Å². The van der Waals surface area contributed by atoms with Crippen LogP contribution in [0.25, 0.3) is 5.69 Å². The van der Waals surface area contributed by atoms with Crippen molar-refractivity contribution in [3.8, 4) is 5.69 Å². The molecule has 1 saturated carbocycles. The van der Waals surface area contributed by atoms with Crippen molar-refractivity contribution in [1.29, 1.82) is 0 Å². The molecular weight excluding hydrogens is 281 g/mol. The molecule has 2 aromatic rings. The van der Waals surface area contributed by atoms with Crippen LogP contribution in [0, 0.1) is 0 Å². The van der Waals surface area contributed by atoms with Crippen molar-refractivity contribution in [2.45, 2.75) is 31.6 Å². The molecule has 1 heterocycles. The molecule has 3 rings (SSSR count). The van der Waals surface area contributed by atoms with Crippen LogP contribution in [0.15, 0.2) is 24.4 Å². The molecule has 1 aromatic heterocycles. The van der Waals surface area contributed by atoms with E-state index < -0.39 is 0 Å². The first-order valence-electron chi connectivity index (χ1n) is 6.45. The average Bonchev–Trinajstić information content (AvgIpc) is 3.01. The van der Waals surface area contributed by atoms with Gasteiger partial charge in [0.1, 0.15) is 0 Å². The second kappa shape index (κ2) is 5.06. The Bertz CT molecular complexity index is 601. The van der Waals surface area contributed by atoms with Gasteiger partial charge in [0.05, 0.1) is 33.3 Å². The number of halogens is 2. The smallest absolute Gasteiger partial charge is 0.0889 e. The Morgan fingerprint density at radius 2 is 1.89 bits per heavy atom. The standard InChI is InChI=1S/C14H15Cl2N3/c15-11-6-5-10(7-12(11)16)19-8-13(17)14(18-19)9-3-1-2-4-9/h5-9H,1-4,17H2. The molecule has 3 nitrogen and oxygen atoms in total. The predicted molar refractivity (Wildman–Crippen MR) is 79.2 cm³/mol. The maximum Gasteiger partial charge on any atom is 0.0889 e. The van der Waals surface area contributed by atoms with E-state index in [2.05, 4.69) is 5.10 Å². The lowest BCUT2D eigenvalue weighted by atomic mass is 10.0. The van der Waals surface area contributed by atoms with Gasteiger partial charge in [0, 0.05) is 5.92 Å². The number of nitrogen functional groups attached to an aromatic ring is 1. The van der Waals surface area contributed by atoms with Crippen LogP contribution in [0.4, 0.5) is 5.69 Å². The van der Waals surface area contributed by atoms with Gasteiger partial charge in [-0.1, -0.05) is 36.0 Å². The van der Waals surface area contributed by atoms with Crippen molar-refractivity contribution in [3.63, 3.8) is 0 Å². The molecule has 0 radical (unpaired) electrons. The molecule has 1 fully saturated rings. The van der Waals surface area contributed by atoms with E-state index in [1.807, 2.05) is 12.3 Å². The van der Waals surface area contributed by atoms with Crippen molar-refractivity contribution in [2.75, 3.05) is 5.73 Å². The third-order valence-electron chi connectivity index (χ3n) is 3.68. The SMILES string of the molecule is Nc1cn(-c2ccc(Cl)c(Cl)c2)nc1C1CCCC1. The summed E-state index contributed by atoms with van der Waals surface area (Å²) in [6.45, 7) is 0. The highest BCUT2D eigenvalue weighted by Crippen LogP contribution is 2.36. The van der Waals surface area contributed by atoms with E-state index in [1.54, 1.807) is 16.8 Å². The van der Waals surface area contributed by atoms with Gasteiger partial charge in [0.2, 0.25) is 0 Å². The molecule has 19 heavy (non-hydrogen) atoms. The quantitative estimate of drug-likeness (QED) is 0.891. The fraction of sp³-hybridized carbons (Fsp3) is 0.357. The summed E-state index contributed by atoms with van der Waals surface area (Å²) in [5.41, 5.74) is 8.74. The number of nitrogens with zero attached hydrogens (tertiary/aromatic N) is 2. The Kier molecular flexibility index (Phi) is 3.42. The van der Waals surface area contributed by atoms with Gasteiger partial charge >= 0.3 is 0 Å². The highest BCUT2D eigenvalue weighted by molar-refractivity contribution is 6.42. The van der Waals surface area contributed by atoms with Gasteiger partial charge in [0.25, 0.3) is 0 Å². The van der Waals surface area contributed by atoms with E-state index in [4.69, 9.17) is 28.9 Å². The van der Waals surface area contributed by atoms with Gasteiger partial charge in [-0.05, 0) is 31.0 Å². The van der Waals surface area contributed by atoms with Gasteiger partial charge < -0.3 is 5.73 Å². The average molecular weight is 296 g/mol. The van der Waals surface area contributed by atoms with Gasteiger partial charge in [-0.15, -0.1) is 0 Å². The fourth-order valence-corrected chi connectivity index (χ4v) is 2.97. The third kappa shape index (κ3) is 2.45. The summed E-state index contributed by atoms with van der Waals surface area (Å²) in [5, 5.41) is 5.69. The van der Waals surface area contributed by atoms with Crippen LogP contribution in [0.1, 0.15) is 37.3 Å². The Morgan fingerprint density at radius 3 is 2.58 bits per heavy atom. The molecule has 1 aliphatic carbocycles. The Labute approximate surface area is 122 Å². The number of anilines is 1. The molecule has 0 saturated heterocycles. The molecule has 0 bridgehead atoms. The number of hydrogen-bond donors (Lipinski definition) is 1. The number of nitrogens with two attached hydrogens (primary N) is 1. The summed E-state index contributed by atoms with van der Waals surface area (Å²) >= 11 is 12.0. The van der Waals surface area contributed by atoms with Gasteiger partial charge in [-0.25, -0.2) is 4.68 Å². The van der Waals surface area contributed by atoms with Crippen LogP contribution in [0.2, 0.25) is 10.0 Å². The lowest BCUT2D eigenvalue weighted by molar-refractivity contribution is 0.680. The first-order valence-corrected chi connectivity index (χ1v) is 7.21. The number of benzene rings is 1. The lowest BCUT2D eigenvalue weighted by Gasteiger charge is -2.06. The first-order chi connectivity index (χ1) is 9.15. The summed E-state index contributed by atoms with van der Waals surface area (Å²) in [7, 11) is 0. The third-order valence-corrected chi connectivity index (χ3v) is 4.42. The molecule has 1 aromatic carbocycles. The zero-order valence-electron chi connectivity index (χ0n) is 10.4. The van der Waals surface area contributed by atoms with Crippen LogP contribution in [0.3, 0.4) is 0 Å². The van der Waals surface area contributed by atoms with Crippen LogP contribution in [0.5, 0.6) is 0 Å². The maximum atomic E-state index is 6.08. The highest BCUT2D eigenvalue weighted by atomic mass is 35.5. The Morgan fingerprint density at radius 1 is 1.16 bits per heavy atom. The summed E-state index contributed by atoms with van der Waals surface area (Å²) in [6.07, 6.45) is 6.76. The molecule has 5 heteroatoms. The van der Waals surface area contributed by atoms with Crippen molar-refractivity contribution in [2.24, 2.45) is 0 Å². The van der Waals surface area contributed by atoms with Crippen molar-refractivity contribution in [1.82, 2.24) is 9.78 Å². The molecule has 0 amide bonds. The van der Waals surface area contributed by atoms with Crippen LogP contribution in [-0.4, -0.2) is 9.78 Å². The van der Waals surface area contributed by atoms with Crippen LogP contribution >= 0.6 is 23.2 Å². The Hall–Kier alpha value is -1.19. The molecule has 2 N–H and O–H groups in total. The van der Waals surface area contributed by atoms with E-state index in [0.717, 1.165) is 17.1 Å². The van der Waals surface area contributed by atoms with Crippen LogP contribution < -0.4 is 5.73 Å². The van der Waals surface area contributed by atoms with Crippen LogP contribution in [-0.2, 0) is 0 Å². The highest BCUT2D eigenvalue weighted by Gasteiger charge is 2.22. The minimum atomic E-state index is 0.504. The molecular formula is C14H15Cl2N3. The van der Waals surface area contributed by atoms with E-state index in [9.17, 15) is 0 Å². The van der Waals surface area contributed by atoms with Gasteiger partial charge in [0.15, 0.2) is 0 Å². The fourth-order valence-electron chi connectivity index (χ4n) is 2.68. The zero-order chi connectivity index (χ0) is 13.4. The molecule has 100 valence electrons. The van der Waals surface area contributed by atoms with Crippen molar-refractivity contribution < 1.29 is 0 Å². The Balaban J connectivity index is 1.96. The molecule has 0 unspecified atom stereocenters. The minimum Gasteiger partial charge on any atom is -0.396 e. The summed E-state index contributed by atoms with van der Waals surface area (Å²) < 4.78 is 1.78. The summed E-state index contributed by atoms with van der Waals surface area (Å²) in [5.74, 6) is 0.504. The number of aromatic nitrogens is 2. The first kappa shape index (κ1) is 12.8. The summed E-state index contributed by atoms with van der Waals surface area (Å²) in [6, 6.07) is 5.46. The number of rotatable bonds is 2. The minimum absolute atomic E-state index is 0.504. The molecule has 1 aliphatic rings. The van der Waals surface area contributed by atoms with Crippen molar-refractivity contribution >= 4 is 28.9 Å². The van der Waals surface area contributed by atoms with E-state index in [0.29, 0.717) is 16.0 Å². The maximum absolute atomic E-state index is 6.08. The lowest BCUT2D eigenvalue weighted by Crippen LogP contribution is -2.00. The van der Waals surface area contributed by atoms with Gasteiger partial charge in [-0.3, -0.25) is 0 Å². The number of hydrogen-bond acceptors (Lipinski definition) is 2. The molecule has 0 spiro atoms. The zero-order valence-corrected chi connectivity index (χ0v) is 12.0. The van der Waals surface area contributed by atoms with E-state index in [-0.39, 0.29) is 0 Å². The monoisotopic (exact) mass is 295 g/mol. The topological polar surface area (TPSA) is 43.8 Å². The van der Waals surface area contributed by atoms with Gasteiger partial charge in [-0.2, -0.15) is 5.10 Å². The molecule has 0 atom stereocenters. The second-order valence-electron chi connectivity index (χ2n) is 4.99. The second-order valence-corrected chi connectivity index (χ2v) is 5.81. The normalized spacial score (nSPS) is 16.1. The largest absolute Gasteiger partial charge is 0.396 e. The predicted octanol–water partition coefficient (Wildman–Crippen LogP) is 4.42. The summed E-state index contributed by atoms with van der Waals surface area (Å²) in [4.78, 5) is 0.